The highest BCUT2D eigenvalue weighted by molar-refractivity contribution is 5.93. The zero-order valence-corrected chi connectivity index (χ0v) is 16.2. The average molecular weight is 357 g/mol. The summed E-state index contributed by atoms with van der Waals surface area (Å²) in [6, 6.07) is 8.31. The smallest absolute Gasteiger partial charge is 0.227 e. The van der Waals surface area contributed by atoms with Gasteiger partial charge >= 0.3 is 0 Å². The molecule has 1 atom stereocenters. The van der Waals surface area contributed by atoms with E-state index in [2.05, 4.69) is 17.1 Å². The maximum Gasteiger partial charge on any atom is 0.227 e. The highest BCUT2D eigenvalue weighted by atomic mass is 16.2. The van der Waals surface area contributed by atoms with Crippen LogP contribution in [0.15, 0.2) is 24.3 Å². The lowest BCUT2D eigenvalue weighted by atomic mass is 9.80. The van der Waals surface area contributed by atoms with E-state index in [1.165, 1.54) is 6.42 Å². The van der Waals surface area contributed by atoms with Crippen LogP contribution in [0.3, 0.4) is 0 Å². The Morgan fingerprint density at radius 2 is 1.73 bits per heavy atom. The highest BCUT2D eigenvalue weighted by Crippen LogP contribution is 2.33. The molecule has 2 fully saturated rings. The van der Waals surface area contributed by atoms with Gasteiger partial charge in [0.15, 0.2) is 0 Å². The Morgan fingerprint density at radius 3 is 2.42 bits per heavy atom. The summed E-state index contributed by atoms with van der Waals surface area (Å²) < 4.78 is 0. The number of amides is 2. The van der Waals surface area contributed by atoms with Gasteiger partial charge in [0.2, 0.25) is 11.8 Å². The molecule has 1 aliphatic carbocycles. The Labute approximate surface area is 157 Å². The number of aryl methyl sites for hydroxylation is 1. The number of para-hydroxylation sites is 1. The first-order chi connectivity index (χ1) is 12.6. The average Bonchev–Trinajstić information content (AvgIpc) is 2.69. The van der Waals surface area contributed by atoms with E-state index in [0.717, 1.165) is 62.7 Å². The highest BCUT2D eigenvalue weighted by Gasteiger charge is 2.34. The van der Waals surface area contributed by atoms with Crippen LogP contribution in [0.4, 0.5) is 5.69 Å². The molecule has 4 heteroatoms. The van der Waals surface area contributed by atoms with Crippen LogP contribution in [0.25, 0.3) is 0 Å². The van der Waals surface area contributed by atoms with Crippen molar-refractivity contribution in [3.63, 3.8) is 0 Å². The van der Waals surface area contributed by atoms with Gasteiger partial charge in [-0.2, -0.15) is 0 Å². The number of rotatable bonds is 4. The number of anilines is 1. The largest absolute Gasteiger partial charge is 0.339 e. The van der Waals surface area contributed by atoms with Gasteiger partial charge in [0.25, 0.3) is 0 Å². The van der Waals surface area contributed by atoms with Crippen molar-refractivity contribution >= 4 is 17.5 Å². The van der Waals surface area contributed by atoms with Crippen LogP contribution in [0.5, 0.6) is 0 Å². The second-order valence-electron chi connectivity index (χ2n) is 7.94. The Kier molecular flexibility index (Phi) is 6.33. The molecule has 0 bridgehead atoms. The summed E-state index contributed by atoms with van der Waals surface area (Å²) in [4.78, 5) is 27.7. The fourth-order valence-corrected chi connectivity index (χ4v) is 4.50. The number of nitrogens with zero attached hydrogens (tertiary/aromatic N) is 1. The third-order valence-corrected chi connectivity index (χ3v) is 6.23. The maximum atomic E-state index is 13.0. The van der Waals surface area contributed by atoms with E-state index in [4.69, 9.17) is 0 Å². The van der Waals surface area contributed by atoms with Gasteiger partial charge < -0.3 is 10.2 Å². The first kappa shape index (κ1) is 18.9. The molecule has 0 aromatic heterocycles. The van der Waals surface area contributed by atoms with Crippen molar-refractivity contribution < 1.29 is 9.59 Å². The van der Waals surface area contributed by atoms with E-state index >= 15 is 0 Å². The number of likely N-dealkylation sites (tertiary alicyclic amines) is 1. The van der Waals surface area contributed by atoms with Gasteiger partial charge in [-0.15, -0.1) is 0 Å². The number of carbonyl (C=O) groups is 2. The van der Waals surface area contributed by atoms with E-state index in [-0.39, 0.29) is 17.7 Å². The van der Waals surface area contributed by atoms with Crippen molar-refractivity contribution in [2.24, 2.45) is 11.8 Å². The van der Waals surface area contributed by atoms with E-state index in [1.54, 1.807) is 0 Å². The molecule has 1 aromatic carbocycles. The summed E-state index contributed by atoms with van der Waals surface area (Å²) in [5.41, 5.74) is 1.98. The van der Waals surface area contributed by atoms with Crippen molar-refractivity contribution in [1.29, 1.82) is 0 Å². The summed E-state index contributed by atoms with van der Waals surface area (Å²) in [7, 11) is 0. The fraction of sp³-hybridized carbons (Fsp3) is 0.636. The lowest BCUT2D eigenvalue weighted by Gasteiger charge is -2.39. The summed E-state index contributed by atoms with van der Waals surface area (Å²) in [6.45, 7) is 5.11. The van der Waals surface area contributed by atoms with Crippen molar-refractivity contribution in [2.45, 2.75) is 71.3 Å². The second-order valence-corrected chi connectivity index (χ2v) is 7.94. The number of nitrogens with one attached hydrogen (secondary N) is 1. The van der Waals surface area contributed by atoms with Gasteiger partial charge in [-0.3, -0.25) is 9.59 Å². The quantitative estimate of drug-likeness (QED) is 0.861. The molecule has 3 rings (SSSR count). The molecular formula is C22H32N2O2. The minimum absolute atomic E-state index is 0.0296. The summed E-state index contributed by atoms with van der Waals surface area (Å²) >= 11 is 0. The SMILES string of the molecule is CCC1CCCCN1C(=O)C1CCC(C(=O)Nc2ccccc2C)CC1. The predicted molar refractivity (Wildman–Crippen MR) is 105 cm³/mol. The van der Waals surface area contributed by atoms with Crippen molar-refractivity contribution in [2.75, 3.05) is 11.9 Å². The first-order valence-electron chi connectivity index (χ1n) is 10.3. The fourth-order valence-electron chi connectivity index (χ4n) is 4.50. The van der Waals surface area contributed by atoms with Crippen LogP contribution in [0, 0.1) is 18.8 Å². The number of piperidine rings is 1. The number of carbonyl (C=O) groups excluding carboxylic acids is 2. The molecule has 1 saturated carbocycles. The van der Waals surface area contributed by atoms with E-state index in [1.807, 2.05) is 31.2 Å². The number of hydrogen-bond donors (Lipinski definition) is 1. The van der Waals surface area contributed by atoms with Gasteiger partial charge in [0.1, 0.15) is 0 Å². The van der Waals surface area contributed by atoms with E-state index in [0.29, 0.717) is 11.9 Å². The third-order valence-electron chi connectivity index (χ3n) is 6.23. The summed E-state index contributed by atoms with van der Waals surface area (Å²) in [6.07, 6.45) is 7.91. The normalized spacial score (nSPS) is 26.4. The van der Waals surface area contributed by atoms with Gasteiger partial charge in [0, 0.05) is 30.1 Å². The zero-order valence-electron chi connectivity index (χ0n) is 16.2. The predicted octanol–water partition coefficient (Wildman–Crippen LogP) is 4.53. The van der Waals surface area contributed by atoms with Crippen molar-refractivity contribution in [1.82, 2.24) is 4.90 Å². The van der Waals surface area contributed by atoms with Crippen LogP contribution in [0.2, 0.25) is 0 Å². The molecule has 0 radical (unpaired) electrons. The van der Waals surface area contributed by atoms with Crippen molar-refractivity contribution in [3.05, 3.63) is 29.8 Å². The Hall–Kier alpha value is -1.84. The molecule has 1 heterocycles. The Morgan fingerprint density at radius 1 is 1.04 bits per heavy atom. The molecule has 1 saturated heterocycles. The molecule has 1 unspecified atom stereocenters. The van der Waals surface area contributed by atoms with Crippen LogP contribution in [-0.4, -0.2) is 29.3 Å². The zero-order chi connectivity index (χ0) is 18.5. The topological polar surface area (TPSA) is 49.4 Å². The number of hydrogen-bond acceptors (Lipinski definition) is 2. The molecule has 26 heavy (non-hydrogen) atoms. The molecule has 2 aliphatic rings. The molecule has 4 nitrogen and oxygen atoms in total. The van der Waals surface area contributed by atoms with Crippen LogP contribution in [-0.2, 0) is 9.59 Å². The lowest BCUT2D eigenvalue weighted by Crippen LogP contribution is -2.47. The maximum absolute atomic E-state index is 13.0. The minimum atomic E-state index is 0.0296. The molecule has 142 valence electrons. The summed E-state index contributed by atoms with van der Waals surface area (Å²) in [5, 5.41) is 3.07. The monoisotopic (exact) mass is 356 g/mol. The van der Waals surface area contributed by atoms with Gasteiger partial charge in [-0.1, -0.05) is 25.1 Å². The van der Waals surface area contributed by atoms with E-state index < -0.39 is 0 Å². The van der Waals surface area contributed by atoms with Crippen LogP contribution in [0.1, 0.15) is 63.9 Å². The second kappa shape index (κ2) is 8.70. The Bertz CT molecular complexity index is 635. The molecule has 1 aromatic rings. The van der Waals surface area contributed by atoms with Gasteiger partial charge in [0.05, 0.1) is 0 Å². The first-order valence-corrected chi connectivity index (χ1v) is 10.3. The van der Waals surface area contributed by atoms with Gasteiger partial charge in [-0.05, 0) is 69.9 Å². The van der Waals surface area contributed by atoms with Crippen LogP contribution >= 0.6 is 0 Å². The molecular weight excluding hydrogens is 324 g/mol. The molecule has 2 amide bonds. The molecule has 0 spiro atoms. The standard InChI is InChI=1S/C22H32N2O2/c1-3-19-9-6-7-15-24(19)22(26)18-13-11-17(12-14-18)21(25)23-20-10-5-4-8-16(20)2/h4-5,8,10,17-19H,3,6-7,9,11-15H2,1-2H3,(H,23,25). The van der Waals surface area contributed by atoms with Gasteiger partial charge in [-0.25, -0.2) is 0 Å². The third kappa shape index (κ3) is 4.28. The van der Waals surface area contributed by atoms with E-state index in [9.17, 15) is 9.59 Å². The van der Waals surface area contributed by atoms with Crippen LogP contribution < -0.4 is 5.32 Å². The minimum Gasteiger partial charge on any atom is -0.339 e. The lowest BCUT2D eigenvalue weighted by molar-refractivity contribution is -0.141. The molecule has 1 aliphatic heterocycles. The summed E-state index contributed by atoms with van der Waals surface area (Å²) in [5.74, 6) is 0.593. The van der Waals surface area contributed by atoms with Crippen molar-refractivity contribution in [3.8, 4) is 0 Å². The Balaban J connectivity index is 1.53. The molecule has 1 N–H and O–H groups in total. The number of benzene rings is 1.